The van der Waals surface area contributed by atoms with Crippen molar-refractivity contribution in [2.24, 2.45) is 5.73 Å². The summed E-state index contributed by atoms with van der Waals surface area (Å²) >= 11 is 0. The van der Waals surface area contributed by atoms with Gasteiger partial charge in [0.05, 0.1) is 5.52 Å². The largest absolute Gasteiger partial charge is 0.404 e. The molecule has 0 bridgehead atoms. The van der Waals surface area contributed by atoms with Crippen LogP contribution < -0.4 is 21.6 Å². The van der Waals surface area contributed by atoms with Crippen molar-refractivity contribution in [1.82, 2.24) is 4.98 Å². The molecule has 3 rings (SSSR count). The van der Waals surface area contributed by atoms with Crippen LogP contribution in [0.2, 0.25) is 0 Å². The average molecular weight is 345 g/mol. The van der Waals surface area contributed by atoms with E-state index in [0.29, 0.717) is 0 Å². The zero-order valence-corrected chi connectivity index (χ0v) is 15.3. The van der Waals surface area contributed by atoms with E-state index in [9.17, 15) is 4.79 Å². The van der Waals surface area contributed by atoms with Gasteiger partial charge in [0.25, 0.3) is 0 Å². The Morgan fingerprint density at radius 3 is 2.69 bits per heavy atom. The standard InChI is InChI=1S/C22H23N3O/c1-13(12-23)10-20-15(3)24-22-14(2)8-9-19(21(20)22)17-6-5-7-18(11-17)25-16(4)26/h5-12,24H,3,23H2,1-2,4H3,(H,25,26)/b13-12-,20-10+. The second-order valence-corrected chi connectivity index (χ2v) is 6.51. The van der Waals surface area contributed by atoms with Gasteiger partial charge in [-0.25, -0.2) is 0 Å². The molecule has 132 valence electrons. The average Bonchev–Trinajstić information content (AvgIpc) is 2.92. The number of nitrogens with two attached hydrogens (primary N) is 1. The van der Waals surface area contributed by atoms with E-state index >= 15 is 0 Å². The van der Waals surface area contributed by atoms with Gasteiger partial charge in [0.2, 0.25) is 5.91 Å². The summed E-state index contributed by atoms with van der Waals surface area (Å²) in [6.07, 6.45) is 3.63. The first-order valence-corrected chi connectivity index (χ1v) is 8.49. The molecule has 0 atom stereocenters. The third kappa shape index (κ3) is 3.26. The molecule has 0 unspecified atom stereocenters. The number of hydrogen-bond acceptors (Lipinski definition) is 2. The van der Waals surface area contributed by atoms with Crippen molar-refractivity contribution in [3.8, 4) is 11.1 Å². The van der Waals surface area contributed by atoms with Crippen molar-refractivity contribution < 1.29 is 4.79 Å². The van der Waals surface area contributed by atoms with Crippen LogP contribution in [0.15, 0.2) is 48.2 Å². The van der Waals surface area contributed by atoms with Crippen LogP contribution in [0.1, 0.15) is 19.4 Å². The zero-order valence-electron chi connectivity index (χ0n) is 15.3. The molecule has 2 aromatic carbocycles. The molecule has 1 heterocycles. The molecule has 0 aliphatic heterocycles. The summed E-state index contributed by atoms with van der Waals surface area (Å²) in [6.45, 7) is 9.71. The predicted octanol–water partition coefficient (Wildman–Crippen LogP) is 3.16. The van der Waals surface area contributed by atoms with Crippen molar-refractivity contribution in [2.45, 2.75) is 20.8 Å². The lowest BCUT2D eigenvalue weighted by Crippen LogP contribution is -2.21. The topological polar surface area (TPSA) is 70.9 Å². The Balaban J connectivity index is 2.35. The molecule has 0 spiro atoms. The van der Waals surface area contributed by atoms with E-state index in [0.717, 1.165) is 49.4 Å². The Morgan fingerprint density at radius 1 is 1.23 bits per heavy atom. The van der Waals surface area contributed by atoms with Gasteiger partial charge in [0, 0.05) is 28.6 Å². The van der Waals surface area contributed by atoms with Gasteiger partial charge >= 0.3 is 0 Å². The highest BCUT2D eigenvalue weighted by atomic mass is 16.1. The van der Waals surface area contributed by atoms with Crippen molar-refractivity contribution in [1.29, 1.82) is 0 Å². The van der Waals surface area contributed by atoms with Gasteiger partial charge in [-0.3, -0.25) is 4.79 Å². The van der Waals surface area contributed by atoms with Crippen LogP contribution in [0.4, 0.5) is 5.69 Å². The fourth-order valence-electron chi connectivity index (χ4n) is 3.16. The van der Waals surface area contributed by atoms with E-state index in [1.807, 2.05) is 37.3 Å². The van der Waals surface area contributed by atoms with Crippen LogP contribution in [-0.4, -0.2) is 10.9 Å². The molecule has 0 fully saturated rings. The Hall–Kier alpha value is -3.27. The van der Waals surface area contributed by atoms with Crippen molar-refractivity contribution in [2.75, 3.05) is 5.32 Å². The van der Waals surface area contributed by atoms with Gasteiger partial charge in [-0.05, 0) is 60.5 Å². The van der Waals surface area contributed by atoms with E-state index in [4.69, 9.17) is 5.73 Å². The van der Waals surface area contributed by atoms with Crippen LogP contribution in [0, 0.1) is 6.92 Å². The van der Waals surface area contributed by atoms with Gasteiger partial charge in [-0.1, -0.05) is 30.8 Å². The lowest BCUT2D eigenvalue weighted by molar-refractivity contribution is -0.114. The van der Waals surface area contributed by atoms with Crippen molar-refractivity contribution in [3.05, 3.63) is 64.3 Å². The monoisotopic (exact) mass is 345 g/mol. The Kier molecular flexibility index (Phi) is 4.67. The summed E-state index contributed by atoms with van der Waals surface area (Å²) in [5.74, 6) is -0.0874. The van der Waals surface area contributed by atoms with Crippen LogP contribution in [0.5, 0.6) is 0 Å². The maximum atomic E-state index is 11.4. The number of aromatic nitrogens is 1. The minimum absolute atomic E-state index is 0.0874. The molecule has 4 nitrogen and oxygen atoms in total. The second kappa shape index (κ2) is 6.92. The zero-order chi connectivity index (χ0) is 18.8. The molecule has 0 saturated carbocycles. The molecule has 0 aliphatic carbocycles. The number of amides is 1. The number of hydrogen-bond donors (Lipinski definition) is 3. The molecule has 3 aromatic rings. The molecular formula is C22H23N3O. The number of anilines is 1. The third-order valence-corrected chi connectivity index (χ3v) is 4.41. The first kappa shape index (κ1) is 17.5. The second-order valence-electron chi connectivity index (χ2n) is 6.51. The number of carbonyl (C=O) groups excluding carboxylic acids is 1. The van der Waals surface area contributed by atoms with Gasteiger partial charge in [-0.2, -0.15) is 0 Å². The molecule has 1 amide bonds. The Bertz CT molecular complexity index is 1140. The summed E-state index contributed by atoms with van der Waals surface area (Å²) in [4.78, 5) is 14.8. The quantitative estimate of drug-likeness (QED) is 0.682. The molecule has 0 radical (unpaired) electrons. The number of rotatable bonds is 3. The Morgan fingerprint density at radius 2 is 2.00 bits per heavy atom. The first-order valence-electron chi connectivity index (χ1n) is 8.49. The van der Waals surface area contributed by atoms with Gasteiger partial charge in [-0.15, -0.1) is 0 Å². The number of H-pyrrole nitrogens is 1. The number of nitrogens with one attached hydrogen (secondary N) is 2. The minimum atomic E-state index is -0.0874. The van der Waals surface area contributed by atoms with Crippen LogP contribution in [0.3, 0.4) is 0 Å². The maximum absolute atomic E-state index is 11.4. The number of allylic oxidation sites excluding steroid dienone is 1. The predicted molar refractivity (Wildman–Crippen MR) is 110 cm³/mol. The lowest BCUT2D eigenvalue weighted by Gasteiger charge is -2.09. The highest BCUT2D eigenvalue weighted by Crippen LogP contribution is 2.29. The number of carbonyl (C=O) groups is 1. The normalized spacial score (nSPS) is 12.6. The van der Waals surface area contributed by atoms with Crippen LogP contribution in [-0.2, 0) is 4.79 Å². The molecule has 1 aromatic heterocycles. The molecule has 26 heavy (non-hydrogen) atoms. The summed E-state index contributed by atoms with van der Waals surface area (Å²) in [5, 5.41) is 5.84. The van der Waals surface area contributed by atoms with Crippen LogP contribution >= 0.6 is 0 Å². The van der Waals surface area contributed by atoms with E-state index in [2.05, 4.69) is 35.9 Å². The van der Waals surface area contributed by atoms with E-state index in [1.54, 1.807) is 6.20 Å². The minimum Gasteiger partial charge on any atom is -0.404 e. The summed E-state index contributed by atoms with van der Waals surface area (Å²) < 4.78 is 0. The SMILES string of the molecule is C=c1[nH]c2c(C)ccc(-c3cccc(NC(C)=O)c3)c2/c1=C/C(C)=C\N. The van der Waals surface area contributed by atoms with Gasteiger partial charge < -0.3 is 16.0 Å². The first-order chi connectivity index (χ1) is 12.4. The van der Waals surface area contributed by atoms with Crippen molar-refractivity contribution >= 4 is 35.2 Å². The number of fused-ring (bicyclic) bond motifs is 1. The van der Waals surface area contributed by atoms with E-state index < -0.39 is 0 Å². The van der Waals surface area contributed by atoms with E-state index in [1.165, 1.54) is 6.92 Å². The van der Waals surface area contributed by atoms with Gasteiger partial charge in [0.1, 0.15) is 0 Å². The fraction of sp³-hybridized carbons (Fsp3) is 0.136. The molecule has 0 saturated heterocycles. The van der Waals surface area contributed by atoms with Crippen molar-refractivity contribution in [3.63, 3.8) is 0 Å². The molecule has 4 N–H and O–H groups in total. The summed E-state index contributed by atoms with van der Waals surface area (Å²) in [7, 11) is 0. The highest BCUT2D eigenvalue weighted by molar-refractivity contribution is 5.99. The summed E-state index contributed by atoms with van der Waals surface area (Å²) in [5.41, 5.74) is 11.7. The summed E-state index contributed by atoms with van der Waals surface area (Å²) in [6, 6.07) is 12.1. The smallest absolute Gasteiger partial charge is 0.221 e. The van der Waals surface area contributed by atoms with E-state index in [-0.39, 0.29) is 5.91 Å². The molecule has 4 heteroatoms. The molecular weight excluding hydrogens is 322 g/mol. The van der Waals surface area contributed by atoms with Gasteiger partial charge in [0.15, 0.2) is 0 Å². The Labute approximate surface area is 152 Å². The fourth-order valence-corrected chi connectivity index (χ4v) is 3.16. The van der Waals surface area contributed by atoms with Crippen LogP contribution in [0.25, 0.3) is 34.7 Å². The number of aromatic amines is 1. The lowest BCUT2D eigenvalue weighted by atomic mass is 9.97. The number of aryl methyl sites for hydroxylation is 1. The third-order valence-electron chi connectivity index (χ3n) is 4.41. The highest BCUT2D eigenvalue weighted by Gasteiger charge is 2.11. The maximum Gasteiger partial charge on any atom is 0.221 e. The molecule has 0 aliphatic rings. The number of benzene rings is 2.